The topological polar surface area (TPSA) is 62.7 Å². The molecule has 0 aliphatic carbocycles. The second-order valence-corrected chi connectivity index (χ2v) is 5.95. The summed E-state index contributed by atoms with van der Waals surface area (Å²) in [6, 6.07) is 0.140. The number of hydrogen-bond donors (Lipinski definition) is 1. The van der Waals surface area contributed by atoms with Crippen molar-refractivity contribution in [1.82, 2.24) is 9.88 Å². The Morgan fingerprint density at radius 1 is 1.61 bits per heavy atom. The average Bonchev–Trinajstić information content (AvgIpc) is 2.67. The first-order chi connectivity index (χ1) is 8.49. The third kappa shape index (κ3) is 2.71. The quantitative estimate of drug-likeness (QED) is 0.904. The summed E-state index contributed by atoms with van der Waals surface area (Å²) >= 11 is 1.68. The van der Waals surface area contributed by atoms with E-state index in [4.69, 9.17) is 9.84 Å². The van der Waals surface area contributed by atoms with E-state index in [1.807, 2.05) is 6.92 Å². The van der Waals surface area contributed by atoms with E-state index in [1.54, 1.807) is 11.3 Å². The molecule has 5 nitrogen and oxygen atoms in total. The van der Waals surface area contributed by atoms with Crippen molar-refractivity contribution in [3.8, 4) is 0 Å². The van der Waals surface area contributed by atoms with Crippen LogP contribution in [0.3, 0.4) is 0 Å². The maximum absolute atomic E-state index is 11.0. The van der Waals surface area contributed by atoms with E-state index < -0.39 is 12.1 Å². The predicted octanol–water partition coefficient (Wildman–Crippen LogP) is 1.61. The number of hydrogen-bond acceptors (Lipinski definition) is 5. The van der Waals surface area contributed by atoms with Gasteiger partial charge in [-0.2, -0.15) is 0 Å². The van der Waals surface area contributed by atoms with E-state index in [9.17, 15) is 4.79 Å². The minimum Gasteiger partial charge on any atom is -0.479 e. The standard InChI is InChI=1S/C12H18N2O3S/c1-7(11-8(2)18-9(3)13-11)14-4-5-17-10(6-14)12(15)16/h7,10H,4-6H2,1-3H3,(H,15,16). The SMILES string of the molecule is Cc1nc(C(C)N2CCOC(C(=O)O)C2)c(C)s1. The molecule has 1 aliphatic heterocycles. The van der Waals surface area contributed by atoms with Crippen molar-refractivity contribution in [3.05, 3.63) is 15.6 Å². The van der Waals surface area contributed by atoms with Gasteiger partial charge in [-0.25, -0.2) is 9.78 Å². The number of aromatic nitrogens is 1. The summed E-state index contributed by atoms with van der Waals surface area (Å²) in [5.41, 5.74) is 1.06. The summed E-state index contributed by atoms with van der Waals surface area (Å²) in [4.78, 5) is 18.8. The van der Waals surface area contributed by atoms with Gasteiger partial charge < -0.3 is 9.84 Å². The van der Waals surface area contributed by atoms with Crippen LogP contribution in [0.1, 0.15) is 28.5 Å². The predicted molar refractivity (Wildman–Crippen MR) is 69.0 cm³/mol. The smallest absolute Gasteiger partial charge is 0.334 e. The second kappa shape index (κ2) is 5.34. The van der Waals surface area contributed by atoms with Crippen LogP contribution in [-0.4, -0.2) is 46.8 Å². The summed E-state index contributed by atoms with van der Waals surface area (Å²) in [5.74, 6) is -0.891. The van der Waals surface area contributed by atoms with Crippen LogP contribution in [-0.2, 0) is 9.53 Å². The summed E-state index contributed by atoms with van der Waals surface area (Å²) in [7, 11) is 0. The molecular formula is C12H18N2O3S. The molecular weight excluding hydrogens is 252 g/mol. The molecule has 1 aromatic rings. The average molecular weight is 270 g/mol. The molecule has 0 amide bonds. The molecule has 1 aromatic heterocycles. The highest BCUT2D eigenvalue weighted by Crippen LogP contribution is 2.27. The Kier molecular flexibility index (Phi) is 3.99. The van der Waals surface area contributed by atoms with Crippen molar-refractivity contribution in [2.45, 2.75) is 32.9 Å². The van der Waals surface area contributed by atoms with Crippen LogP contribution in [0, 0.1) is 13.8 Å². The normalized spacial score (nSPS) is 22.9. The Hall–Kier alpha value is -0.980. The van der Waals surface area contributed by atoms with Gasteiger partial charge in [-0.1, -0.05) is 0 Å². The molecule has 1 fully saturated rings. The van der Waals surface area contributed by atoms with Gasteiger partial charge in [0.05, 0.1) is 23.4 Å². The zero-order valence-electron chi connectivity index (χ0n) is 10.8. The van der Waals surface area contributed by atoms with E-state index in [1.165, 1.54) is 4.88 Å². The van der Waals surface area contributed by atoms with Crippen molar-refractivity contribution >= 4 is 17.3 Å². The molecule has 0 radical (unpaired) electrons. The van der Waals surface area contributed by atoms with E-state index in [0.717, 1.165) is 17.2 Å². The summed E-state index contributed by atoms with van der Waals surface area (Å²) in [6.07, 6.45) is -0.721. The zero-order valence-corrected chi connectivity index (χ0v) is 11.7. The van der Waals surface area contributed by atoms with Crippen LogP contribution < -0.4 is 0 Å². The number of carbonyl (C=O) groups is 1. The van der Waals surface area contributed by atoms with Crippen molar-refractivity contribution < 1.29 is 14.6 Å². The van der Waals surface area contributed by atoms with E-state index in [0.29, 0.717) is 13.2 Å². The maximum atomic E-state index is 11.0. The molecule has 100 valence electrons. The number of nitrogens with zero attached hydrogens (tertiary/aromatic N) is 2. The lowest BCUT2D eigenvalue weighted by Gasteiger charge is -2.34. The highest BCUT2D eigenvalue weighted by molar-refractivity contribution is 7.11. The number of ether oxygens (including phenoxy) is 1. The van der Waals surface area contributed by atoms with Crippen molar-refractivity contribution in [2.24, 2.45) is 0 Å². The number of aryl methyl sites for hydroxylation is 2. The number of morpholine rings is 1. The fraction of sp³-hybridized carbons (Fsp3) is 0.667. The van der Waals surface area contributed by atoms with E-state index in [2.05, 4.69) is 23.7 Å². The van der Waals surface area contributed by atoms with Crippen LogP contribution in [0.5, 0.6) is 0 Å². The molecule has 2 atom stereocenters. The highest BCUT2D eigenvalue weighted by atomic mass is 32.1. The van der Waals surface area contributed by atoms with Crippen LogP contribution >= 0.6 is 11.3 Å². The molecule has 2 unspecified atom stereocenters. The maximum Gasteiger partial charge on any atom is 0.334 e. The lowest BCUT2D eigenvalue weighted by atomic mass is 10.1. The molecule has 0 bridgehead atoms. The fourth-order valence-corrected chi connectivity index (χ4v) is 3.18. The number of thiazole rings is 1. The van der Waals surface area contributed by atoms with Crippen LogP contribution in [0.25, 0.3) is 0 Å². The van der Waals surface area contributed by atoms with Crippen LogP contribution in [0.2, 0.25) is 0 Å². The molecule has 18 heavy (non-hydrogen) atoms. The Morgan fingerprint density at radius 3 is 2.89 bits per heavy atom. The molecule has 0 spiro atoms. The molecule has 0 saturated carbocycles. The van der Waals surface area contributed by atoms with Gasteiger partial charge in [0.25, 0.3) is 0 Å². The largest absolute Gasteiger partial charge is 0.479 e. The minimum atomic E-state index is -0.891. The van der Waals surface area contributed by atoms with Gasteiger partial charge in [-0.05, 0) is 20.8 Å². The molecule has 1 saturated heterocycles. The second-order valence-electron chi connectivity index (χ2n) is 4.54. The van der Waals surface area contributed by atoms with Crippen LogP contribution in [0.15, 0.2) is 0 Å². The molecule has 2 heterocycles. The third-order valence-corrected chi connectivity index (χ3v) is 4.16. The minimum absolute atomic E-state index is 0.140. The van der Waals surface area contributed by atoms with Gasteiger partial charge in [0, 0.05) is 18.0 Å². The molecule has 0 aromatic carbocycles. The van der Waals surface area contributed by atoms with Gasteiger partial charge in [-0.3, -0.25) is 4.90 Å². The summed E-state index contributed by atoms with van der Waals surface area (Å²) < 4.78 is 5.23. The van der Waals surface area contributed by atoms with Crippen molar-refractivity contribution in [1.29, 1.82) is 0 Å². The first-order valence-corrected chi connectivity index (χ1v) is 6.83. The molecule has 2 rings (SSSR count). The Labute approximate surface area is 110 Å². The first-order valence-electron chi connectivity index (χ1n) is 6.01. The van der Waals surface area contributed by atoms with Gasteiger partial charge in [-0.15, -0.1) is 11.3 Å². The number of carboxylic acids is 1. The monoisotopic (exact) mass is 270 g/mol. The van der Waals surface area contributed by atoms with Gasteiger partial charge in [0.15, 0.2) is 6.10 Å². The zero-order chi connectivity index (χ0) is 13.3. The number of rotatable bonds is 3. The van der Waals surface area contributed by atoms with E-state index >= 15 is 0 Å². The van der Waals surface area contributed by atoms with Crippen molar-refractivity contribution in [3.63, 3.8) is 0 Å². The molecule has 1 aliphatic rings. The van der Waals surface area contributed by atoms with Crippen molar-refractivity contribution in [2.75, 3.05) is 19.7 Å². The Morgan fingerprint density at radius 2 is 2.33 bits per heavy atom. The van der Waals surface area contributed by atoms with Gasteiger partial charge in [0.1, 0.15) is 0 Å². The van der Waals surface area contributed by atoms with Gasteiger partial charge in [0.2, 0.25) is 0 Å². The van der Waals surface area contributed by atoms with E-state index in [-0.39, 0.29) is 6.04 Å². The molecule has 1 N–H and O–H groups in total. The lowest BCUT2D eigenvalue weighted by Crippen LogP contribution is -2.47. The third-order valence-electron chi connectivity index (χ3n) is 3.26. The lowest BCUT2D eigenvalue weighted by molar-refractivity contribution is -0.157. The number of carboxylic acid groups (broad SMARTS) is 1. The van der Waals surface area contributed by atoms with Gasteiger partial charge >= 0.3 is 5.97 Å². The highest BCUT2D eigenvalue weighted by Gasteiger charge is 2.30. The fourth-order valence-electron chi connectivity index (χ4n) is 2.28. The summed E-state index contributed by atoms with van der Waals surface area (Å²) in [5, 5.41) is 10.1. The Balaban J connectivity index is 2.11. The number of aliphatic carboxylic acids is 1. The van der Waals surface area contributed by atoms with Crippen LogP contribution in [0.4, 0.5) is 0 Å². The first kappa shape index (κ1) is 13.5. The Bertz CT molecular complexity index is 447. The summed E-state index contributed by atoms with van der Waals surface area (Å²) in [6.45, 7) is 7.77. The molecule has 6 heteroatoms.